The molecule has 8 heteroatoms. The van der Waals surface area contributed by atoms with Gasteiger partial charge in [-0.05, 0) is 36.2 Å². The number of aliphatic imine (C=N–C) groups is 1. The maximum Gasteiger partial charge on any atom is 0.220 e. The lowest BCUT2D eigenvalue weighted by atomic mass is 9.90. The van der Waals surface area contributed by atoms with Gasteiger partial charge in [-0.2, -0.15) is 0 Å². The van der Waals surface area contributed by atoms with Crippen LogP contribution < -0.4 is 11.1 Å². The zero-order chi connectivity index (χ0) is 22.8. The van der Waals surface area contributed by atoms with Gasteiger partial charge >= 0.3 is 0 Å². The summed E-state index contributed by atoms with van der Waals surface area (Å²) in [4.78, 5) is 16.8. The number of primary amides is 1. The Bertz CT molecular complexity index is 1260. The highest BCUT2D eigenvalue weighted by Crippen LogP contribution is 2.41. The fourth-order valence-corrected chi connectivity index (χ4v) is 4.02. The molecule has 7 nitrogen and oxygen atoms in total. The van der Waals surface area contributed by atoms with Gasteiger partial charge in [0.15, 0.2) is 5.76 Å². The lowest BCUT2D eigenvalue weighted by Crippen LogP contribution is -2.15. The van der Waals surface area contributed by atoms with Crippen molar-refractivity contribution in [3.8, 4) is 11.1 Å². The van der Waals surface area contributed by atoms with Crippen molar-refractivity contribution in [2.45, 2.75) is 19.4 Å². The fraction of sp³-hybridized carbons (Fsp3) is 0.167. The quantitative estimate of drug-likeness (QED) is 0.488. The van der Waals surface area contributed by atoms with E-state index in [-0.39, 0.29) is 6.42 Å². The van der Waals surface area contributed by atoms with Gasteiger partial charge in [0.05, 0.1) is 23.4 Å². The average Bonchev–Trinajstić information content (AvgIpc) is 3.10. The van der Waals surface area contributed by atoms with Crippen LogP contribution in [0.3, 0.4) is 0 Å². The normalized spacial score (nSPS) is 15.3. The van der Waals surface area contributed by atoms with Crippen molar-refractivity contribution in [3.63, 3.8) is 0 Å². The molecule has 0 unspecified atom stereocenters. The van der Waals surface area contributed by atoms with Crippen molar-refractivity contribution >= 4 is 35.0 Å². The second kappa shape index (κ2) is 8.80. The minimum Gasteiger partial charge on any atom is -0.393 e. The van der Waals surface area contributed by atoms with Gasteiger partial charge in [-0.1, -0.05) is 41.0 Å². The molecule has 2 aromatic carbocycles. The van der Waals surface area contributed by atoms with E-state index in [4.69, 9.17) is 32.3 Å². The molecular formula is C24H22ClN5O2. The Hall–Kier alpha value is -3.71. The Labute approximate surface area is 190 Å². The Morgan fingerprint density at radius 1 is 1.25 bits per heavy atom. The van der Waals surface area contributed by atoms with Crippen LogP contribution in [0.15, 0.2) is 58.2 Å². The molecule has 0 radical (unpaired) electrons. The highest BCUT2D eigenvalue weighted by molar-refractivity contribution is 6.30. The van der Waals surface area contributed by atoms with E-state index >= 15 is 0 Å². The minimum atomic E-state index is -0.611. The second-order valence-electron chi connectivity index (χ2n) is 7.47. The first-order valence-corrected chi connectivity index (χ1v) is 10.4. The number of amides is 1. The average molecular weight is 448 g/mol. The van der Waals surface area contributed by atoms with Gasteiger partial charge in [0.2, 0.25) is 5.91 Å². The van der Waals surface area contributed by atoms with Gasteiger partial charge in [-0.25, -0.2) is 0 Å². The number of fused-ring (bicyclic) bond motifs is 3. The number of nitrogens with zero attached hydrogens (tertiary/aromatic N) is 2. The zero-order valence-electron chi connectivity index (χ0n) is 17.6. The van der Waals surface area contributed by atoms with Crippen LogP contribution in [-0.2, 0) is 4.79 Å². The number of hydrogen-bond donors (Lipinski definition) is 3. The van der Waals surface area contributed by atoms with Crippen molar-refractivity contribution in [1.29, 1.82) is 5.41 Å². The summed E-state index contributed by atoms with van der Waals surface area (Å²) in [5.41, 5.74) is 11.9. The van der Waals surface area contributed by atoms with Gasteiger partial charge in [0, 0.05) is 41.2 Å². The largest absolute Gasteiger partial charge is 0.393 e. The lowest BCUT2D eigenvalue weighted by molar-refractivity contribution is -0.118. The Kier molecular flexibility index (Phi) is 5.92. The highest BCUT2D eigenvalue weighted by atomic mass is 35.5. The number of benzene rings is 2. The molecule has 0 fully saturated rings. The molecule has 1 aromatic heterocycles. The van der Waals surface area contributed by atoms with E-state index in [1.807, 2.05) is 37.3 Å². The molecule has 0 saturated heterocycles. The minimum absolute atomic E-state index is 0.00895. The van der Waals surface area contributed by atoms with Crippen LogP contribution in [0.2, 0.25) is 5.02 Å². The molecule has 4 rings (SSSR count). The van der Waals surface area contributed by atoms with E-state index in [1.54, 1.807) is 25.4 Å². The number of carbonyl (C=O) groups excluding carboxylic acids is 1. The zero-order valence-corrected chi connectivity index (χ0v) is 18.4. The number of nitrogens with one attached hydrogen (secondary N) is 2. The van der Waals surface area contributed by atoms with E-state index in [0.29, 0.717) is 27.8 Å². The van der Waals surface area contributed by atoms with E-state index in [9.17, 15) is 4.79 Å². The summed E-state index contributed by atoms with van der Waals surface area (Å²) in [7, 11) is 1.79. The van der Waals surface area contributed by atoms with Gasteiger partial charge in [0.25, 0.3) is 0 Å². The summed E-state index contributed by atoms with van der Waals surface area (Å²) in [6.45, 7) is 1.86. The number of allylic oxidation sites excluding steroid dienone is 1. The SMILES string of the molecule is CN/C=C(\C=N)c1ccc2c(c1)C(c1ccc(Cl)cc1)=N[C@@H](CC(N)=O)c1onc(C)c1-2. The summed E-state index contributed by atoms with van der Waals surface area (Å²) in [5.74, 6) is 0.0289. The van der Waals surface area contributed by atoms with E-state index < -0.39 is 11.9 Å². The smallest absolute Gasteiger partial charge is 0.220 e. The maximum absolute atomic E-state index is 11.8. The molecule has 4 N–H and O–H groups in total. The Balaban J connectivity index is 2.03. The van der Waals surface area contributed by atoms with Gasteiger partial charge < -0.3 is 21.0 Å². The molecule has 32 heavy (non-hydrogen) atoms. The first-order valence-electron chi connectivity index (χ1n) is 10.0. The molecule has 0 bridgehead atoms. The second-order valence-corrected chi connectivity index (χ2v) is 7.91. The number of nitrogens with two attached hydrogens (primary N) is 1. The molecule has 0 aliphatic carbocycles. The van der Waals surface area contributed by atoms with Gasteiger partial charge in [-0.15, -0.1) is 0 Å². The van der Waals surface area contributed by atoms with Crippen molar-refractivity contribution in [1.82, 2.24) is 10.5 Å². The summed E-state index contributed by atoms with van der Waals surface area (Å²) >= 11 is 6.11. The summed E-state index contributed by atoms with van der Waals surface area (Å²) in [6, 6.07) is 12.7. The van der Waals surface area contributed by atoms with Crippen LogP contribution in [0.4, 0.5) is 0 Å². The molecule has 162 valence electrons. The standard InChI is InChI=1S/C24H22ClN5O2/c1-13-22-18-8-5-15(16(11-26)12-28-2)9-19(18)23(14-3-6-17(25)7-4-14)29-20(10-21(27)31)24(22)32-30-13/h3-9,11-12,20,26,28H,10H2,1-2H3,(H2,27,31)/b16-12+,26-11?/t20-/m0/s1. The van der Waals surface area contributed by atoms with Crippen molar-refractivity contribution in [2.24, 2.45) is 10.7 Å². The summed E-state index contributed by atoms with van der Waals surface area (Å²) in [6.07, 6.45) is 3.04. The lowest BCUT2D eigenvalue weighted by Gasteiger charge is -2.14. The maximum atomic E-state index is 11.8. The number of carbonyl (C=O) groups is 1. The number of hydrogen-bond acceptors (Lipinski definition) is 6. The van der Waals surface area contributed by atoms with Crippen LogP contribution in [0.5, 0.6) is 0 Å². The van der Waals surface area contributed by atoms with Crippen molar-refractivity contribution < 1.29 is 9.32 Å². The highest BCUT2D eigenvalue weighted by Gasteiger charge is 2.31. The third-order valence-corrected chi connectivity index (χ3v) is 5.57. The molecule has 1 atom stereocenters. The fourth-order valence-electron chi connectivity index (χ4n) is 3.89. The number of aryl methyl sites for hydroxylation is 1. The van der Waals surface area contributed by atoms with Gasteiger partial charge in [0.1, 0.15) is 6.04 Å². The summed E-state index contributed by atoms with van der Waals surface area (Å²) < 4.78 is 5.63. The molecule has 0 saturated carbocycles. The van der Waals surface area contributed by atoms with Crippen molar-refractivity contribution in [2.75, 3.05) is 7.05 Å². The van der Waals surface area contributed by atoms with E-state index in [2.05, 4.69) is 10.5 Å². The van der Waals surface area contributed by atoms with Crippen molar-refractivity contribution in [3.05, 3.63) is 81.8 Å². The molecule has 0 spiro atoms. The van der Waals surface area contributed by atoms with E-state index in [0.717, 1.165) is 27.8 Å². The number of aromatic nitrogens is 1. The molecular weight excluding hydrogens is 426 g/mol. The van der Waals surface area contributed by atoms with E-state index in [1.165, 1.54) is 6.21 Å². The molecule has 1 aliphatic rings. The predicted octanol–water partition coefficient (Wildman–Crippen LogP) is 4.28. The van der Waals surface area contributed by atoms with Crippen LogP contribution in [0.25, 0.3) is 16.7 Å². The third-order valence-electron chi connectivity index (χ3n) is 5.32. The first-order chi connectivity index (χ1) is 15.4. The number of rotatable bonds is 6. The Morgan fingerprint density at radius 2 is 2.00 bits per heavy atom. The third kappa shape index (κ3) is 3.94. The molecule has 1 aliphatic heterocycles. The first kappa shape index (κ1) is 21.5. The molecule has 3 aromatic rings. The Morgan fingerprint density at radius 3 is 2.66 bits per heavy atom. The van der Waals surface area contributed by atoms with Gasteiger partial charge in [-0.3, -0.25) is 9.79 Å². The summed E-state index contributed by atoms with van der Waals surface area (Å²) in [5, 5.41) is 15.5. The van der Waals surface area contributed by atoms with Crippen LogP contribution in [0, 0.1) is 12.3 Å². The molecule has 1 amide bonds. The number of halogens is 1. The van der Waals surface area contributed by atoms with Crippen LogP contribution in [-0.4, -0.2) is 30.0 Å². The topological polar surface area (TPSA) is 117 Å². The van der Waals surface area contributed by atoms with Crippen LogP contribution in [0.1, 0.15) is 40.6 Å². The monoisotopic (exact) mass is 447 g/mol. The predicted molar refractivity (Wildman–Crippen MR) is 126 cm³/mol. The van der Waals surface area contributed by atoms with Crippen LogP contribution >= 0.6 is 11.6 Å². The molecule has 2 heterocycles.